The van der Waals surface area contributed by atoms with Crippen molar-refractivity contribution in [2.75, 3.05) is 34.4 Å². The first-order chi connectivity index (χ1) is 16.4. The smallest absolute Gasteiger partial charge is 0.251 e. The fourth-order valence-electron chi connectivity index (χ4n) is 3.84. The number of carbonyl (C=O) groups is 2. The summed E-state index contributed by atoms with van der Waals surface area (Å²) >= 11 is 5.98. The summed E-state index contributed by atoms with van der Waals surface area (Å²) in [6.45, 7) is 0.667. The first-order valence-corrected chi connectivity index (χ1v) is 10.9. The molecule has 0 spiro atoms. The fourth-order valence-corrected chi connectivity index (χ4v) is 3.96. The van der Waals surface area contributed by atoms with Crippen molar-refractivity contribution >= 4 is 23.4 Å². The Morgan fingerprint density at radius 3 is 2.38 bits per heavy atom. The van der Waals surface area contributed by atoms with Crippen molar-refractivity contribution in [2.24, 2.45) is 0 Å². The van der Waals surface area contributed by atoms with Crippen LogP contribution in [0.3, 0.4) is 0 Å². The number of fused-ring (bicyclic) bond motifs is 1. The number of hydrogen-bond donors (Lipinski definition) is 1. The number of halogens is 1. The number of ether oxygens (including phenoxy) is 3. The van der Waals surface area contributed by atoms with Crippen LogP contribution in [-0.2, 0) is 17.8 Å². The van der Waals surface area contributed by atoms with Gasteiger partial charge in [-0.25, -0.2) is 0 Å². The van der Waals surface area contributed by atoms with Crippen LogP contribution in [0.1, 0.15) is 21.6 Å². The van der Waals surface area contributed by atoms with Crippen molar-refractivity contribution in [3.63, 3.8) is 0 Å². The van der Waals surface area contributed by atoms with Crippen LogP contribution in [-0.4, -0.2) is 56.3 Å². The highest BCUT2D eigenvalue weighted by Crippen LogP contribution is 2.38. The van der Waals surface area contributed by atoms with Gasteiger partial charge in [0.05, 0.1) is 40.1 Å². The molecule has 2 heterocycles. The minimum absolute atomic E-state index is 0.160. The second-order valence-electron chi connectivity index (χ2n) is 7.61. The SMILES string of the molecule is COc1cc(C(=O)NCC(=O)N2CCc3noc(-c4ccc(Cl)cc4)c3C2)cc(OC)c1OC. The van der Waals surface area contributed by atoms with Gasteiger partial charge in [0.15, 0.2) is 17.3 Å². The molecule has 0 atom stereocenters. The Morgan fingerprint density at radius 2 is 1.76 bits per heavy atom. The summed E-state index contributed by atoms with van der Waals surface area (Å²) in [4.78, 5) is 27.3. The minimum atomic E-state index is -0.433. The normalized spacial score (nSPS) is 12.6. The van der Waals surface area contributed by atoms with Crippen LogP contribution in [0.15, 0.2) is 40.9 Å². The lowest BCUT2D eigenvalue weighted by atomic mass is 10.0. The van der Waals surface area contributed by atoms with Gasteiger partial charge >= 0.3 is 0 Å². The number of rotatable bonds is 7. The highest BCUT2D eigenvalue weighted by molar-refractivity contribution is 6.30. The van der Waals surface area contributed by atoms with Crippen molar-refractivity contribution in [1.82, 2.24) is 15.4 Å². The molecule has 34 heavy (non-hydrogen) atoms. The van der Waals surface area contributed by atoms with E-state index in [0.717, 1.165) is 16.8 Å². The molecule has 1 aliphatic heterocycles. The van der Waals surface area contributed by atoms with Crippen molar-refractivity contribution in [3.05, 3.63) is 58.2 Å². The largest absolute Gasteiger partial charge is 0.493 e. The van der Waals surface area contributed by atoms with E-state index in [1.54, 1.807) is 17.0 Å². The van der Waals surface area contributed by atoms with E-state index in [1.165, 1.54) is 33.5 Å². The van der Waals surface area contributed by atoms with Gasteiger partial charge < -0.3 is 29.0 Å². The van der Waals surface area contributed by atoms with Crippen LogP contribution in [0.5, 0.6) is 17.2 Å². The van der Waals surface area contributed by atoms with Gasteiger partial charge in [-0.2, -0.15) is 0 Å². The van der Waals surface area contributed by atoms with Gasteiger partial charge in [0, 0.05) is 34.7 Å². The molecule has 0 fully saturated rings. The summed E-state index contributed by atoms with van der Waals surface area (Å²) in [6.07, 6.45) is 0.568. The lowest BCUT2D eigenvalue weighted by molar-refractivity contribution is -0.131. The molecule has 4 rings (SSSR count). The monoisotopic (exact) mass is 485 g/mol. The number of nitrogens with one attached hydrogen (secondary N) is 1. The van der Waals surface area contributed by atoms with Crippen molar-refractivity contribution in [3.8, 4) is 28.6 Å². The van der Waals surface area contributed by atoms with E-state index in [9.17, 15) is 9.59 Å². The molecular weight excluding hydrogens is 462 g/mol. The molecule has 10 heteroatoms. The number of aromatic nitrogens is 1. The Morgan fingerprint density at radius 1 is 1.09 bits per heavy atom. The third-order valence-corrected chi connectivity index (χ3v) is 5.88. The van der Waals surface area contributed by atoms with Crippen LogP contribution < -0.4 is 19.5 Å². The third kappa shape index (κ3) is 4.65. The Bertz CT molecular complexity index is 1180. The fraction of sp³-hybridized carbons (Fsp3) is 0.292. The number of methoxy groups -OCH3 is 3. The molecule has 3 aromatic rings. The summed E-state index contributed by atoms with van der Waals surface area (Å²) in [6, 6.07) is 10.3. The van der Waals surface area contributed by atoms with Crippen molar-refractivity contribution in [2.45, 2.75) is 13.0 Å². The number of benzene rings is 2. The molecule has 1 aromatic heterocycles. The van der Waals surface area contributed by atoms with E-state index < -0.39 is 5.91 Å². The van der Waals surface area contributed by atoms with Crippen LogP contribution in [0, 0.1) is 0 Å². The predicted molar refractivity (Wildman–Crippen MR) is 125 cm³/mol. The molecule has 0 saturated heterocycles. The summed E-state index contributed by atoms with van der Waals surface area (Å²) in [5.41, 5.74) is 2.81. The summed E-state index contributed by atoms with van der Waals surface area (Å²) in [5, 5.41) is 7.45. The zero-order valence-corrected chi connectivity index (χ0v) is 19.8. The van der Waals surface area contributed by atoms with E-state index in [0.29, 0.717) is 47.5 Å². The molecule has 178 valence electrons. The molecule has 0 radical (unpaired) electrons. The Labute approximate surface area is 201 Å². The zero-order chi connectivity index (χ0) is 24.2. The molecule has 1 N–H and O–H groups in total. The van der Waals surface area contributed by atoms with Crippen LogP contribution in [0.25, 0.3) is 11.3 Å². The van der Waals surface area contributed by atoms with E-state index in [4.69, 9.17) is 30.3 Å². The minimum Gasteiger partial charge on any atom is -0.493 e. The molecule has 0 aliphatic carbocycles. The molecule has 0 bridgehead atoms. The summed E-state index contributed by atoms with van der Waals surface area (Å²) in [5.74, 6) is 1.05. The highest BCUT2D eigenvalue weighted by Gasteiger charge is 2.28. The van der Waals surface area contributed by atoms with E-state index in [2.05, 4.69) is 10.5 Å². The predicted octanol–water partition coefficient (Wildman–Crippen LogP) is 3.34. The molecule has 0 unspecified atom stereocenters. The van der Waals surface area contributed by atoms with Crippen LogP contribution in [0.4, 0.5) is 0 Å². The Balaban J connectivity index is 1.44. The Hall–Kier alpha value is -3.72. The van der Waals surface area contributed by atoms with Gasteiger partial charge in [-0.1, -0.05) is 16.8 Å². The summed E-state index contributed by atoms with van der Waals surface area (Å²) in [7, 11) is 4.42. The molecular formula is C24H24ClN3O6. The average molecular weight is 486 g/mol. The topological polar surface area (TPSA) is 103 Å². The number of nitrogens with zero attached hydrogens (tertiary/aromatic N) is 2. The number of amides is 2. The maximum atomic E-state index is 12.9. The zero-order valence-electron chi connectivity index (χ0n) is 19.0. The molecule has 9 nitrogen and oxygen atoms in total. The maximum absolute atomic E-state index is 12.9. The third-order valence-electron chi connectivity index (χ3n) is 5.62. The van der Waals surface area contributed by atoms with Crippen molar-refractivity contribution in [1.29, 1.82) is 0 Å². The van der Waals surface area contributed by atoms with Crippen molar-refractivity contribution < 1.29 is 28.3 Å². The van der Waals surface area contributed by atoms with Gasteiger partial charge in [0.2, 0.25) is 11.7 Å². The molecule has 1 aliphatic rings. The molecule has 0 saturated carbocycles. The quantitative estimate of drug-likeness (QED) is 0.547. The highest BCUT2D eigenvalue weighted by atomic mass is 35.5. The van der Waals surface area contributed by atoms with Gasteiger partial charge in [-0.05, 0) is 36.4 Å². The second-order valence-corrected chi connectivity index (χ2v) is 8.04. The second kappa shape index (κ2) is 10.0. The van der Waals surface area contributed by atoms with Gasteiger partial charge in [-0.3, -0.25) is 9.59 Å². The first-order valence-electron chi connectivity index (χ1n) is 10.5. The van der Waals surface area contributed by atoms with E-state index in [1.807, 2.05) is 12.1 Å². The molecule has 2 amide bonds. The number of carbonyl (C=O) groups excluding carboxylic acids is 2. The van der Waals surface area contributed by atoms with Crippen LogP contribution in [0.2, 0.25) is 5.02 Å². The van der Waals surface area contributed by atoms with E-state index >= 15 is 0 Å². The summed E-state index contributed by atoms with van der Waals surface area (Å²) < 4.78 is 21.4. The van der Waals surface area contributed by atoms with Gasteiger partial charge in [0.25, 0.3) is 5.91 Å². The molecule has 2 aromatic carbocycles. The average Bonchev–Trinajstić information content (AvgIpc) is 3.29. The Kier molecular flexibility index (Phi) is 6.93. The maximum Gasteiger partial charge on any atom is 0.251 e. The van der Waals surface area contributed by atoms with E-state index in [-0.39, 0.29) is 18.0 Å². The van der Waals surface area contributed by atoms with Crippen LogP contribution >= 0.6 is 11.6 Å². The number of hydrogen-bond acceptors (Lipinski definition) is 7. The van der Waals surface area contributed by atoms with Gasteiger partial charge in [0.1, 0.15) is 0 Å². The lowest BCUT2D eigenvalue weighted by Crippen LogP contribution is -2.42. The van der Waals surface area contributed by atoms with Gasteiger partial charge in [-0.15, -0.1) is 0 Å². The first kappa shape index (κ1) is 23.4. The standard InChI is InChI=1S/C24H24ClN3O6/c1-31-19-10-15(11-20(32-2)23(19)33-3)24(30)26-12-21(29)28-9-8-18-17(13-28)22(34-27-18)14-4-6-16(25)7-5-14/h4-7,10-11H,8-9,12-13H2,1-3H3,(H,26,30). The lowest BCUT2D eigenvalue weighted by Gasteiger charge is -2.26.